The van der Waals surface area contributed by atoms with E-state index in [-0.39, 0.29) is 5.91 Å². The van der Waals surface area contributed by atoms with Gasteiger partial charge in [-0.3, -0.25) is 15.2 Å². The smallest absolute Gasteiger partial charge is 0.321 e. The van der Waals surface area contributed by atoms with E-state index in [1.54, 1.807) is 11.8 Å². The van der Waals surface area contributed by atoms with Crippen LogP contribution in [0.2, 0.25) is 0 Å². The largest absolute Gasteiger partial charge is 0.357 e. The van der Waals surface area contributed by atoms with E-state index in [0.717, 1.165) is 17.1 Å². The van der Waals surface area contributed by atoms with Crippen molar-refractivity contribution in [2.75, 3.05) is 18.1 Å². The number of nitrogens with one attached hydrogen (secondary N) is 4. The highest BCUT2D eigenvalue weighted by Gasteiger charge is 2.20. The fourth-order valence-electron chi connectivity index (χ4n) is 1.80. The number of carbonyl (C=O) groups is 2. The Balaban J connectivity index is 1.86. The molecule has 0 fully saturated rings. The maximum Gasteiger partial charge on any atom is 0.321 e. The molecule has 7 nitrogen and oxygen atoms in total. The topological polar surface area (TPSA) is 98.9 Å². The molecule has 0 radical (unpaired) electrons. The molecule has 1 heterocycles. The van der Waals surface area contributed by atoms with Crippen LogP contribution >= 0.6 is 35.3 Å². The van der Waals surface area contributed by atoms with E-state index in [1.165, 1.54) is 12.6 Å². The number of hydrogen-bond donors (Lipinski definition) is 4. The van der Waals surface area contributed by atoms with Gasteiger partial charge in [-0.15, -0.1) is 5.10 Å². The minimum atomic E-state index is -0.643. The number of benzene rings is 1. The first-order valence-electron chi connectivity index (χ1n) is 7.05. The summed E-state index contributed by atoms with van der Waals surface area (Å²) in [7, 11) is 1.54. The first-order valence-corrected chi connectivity index (χ1v) is 9.42. The molecule has 0 bridgehead atoms. The van der Waals surface area contributed by atoms with Gasteiger partial charge < -0.3 is 10.6 Å². The third kappa shape index (κ3) is 5.95. The predicted molar refractivity (Wildman–Crippen MR) is 99.9 cm³/mol. The van der Waals surface area contributed by atoms with Crippen LogP contribution in [0.25, 0.3) is 0 Å². The van der Waals surface area contributed by atoms with E-state index >= 15 is 0 Å². The maximum absolute atomic E-state index is 12.0. The lowest BCUT2D eigenvalue weighted by atomic mass is 10.2. The summed E-state index contributed by atoms with van der Waals surface area (Å²) >= 11 is 7.61. The predicted octanol–water partition coefficient (Wildman–Crippen LogP) is 2.37. The van der Waals surface area contributed by atoms with Crippen LogP contribution < -0.4 is 16.0 Å². The molecule has 3 amide bonds. The Morgan fingerprint density at radius 3 is 2.75 bits per heavy atom. The standard InChI is InChI=1S/C14H17N5O2S3/c1-15-11(20)10(8-23-7-9-5-3-2-4-6-9)16-12(21)17-13-18-19-14(22)24-13/h2-6,10H,7-8H2,1H3,(H,15,20)(H,19,22)(H2,16,17,18,21). The van der Waals surface area contributed by atoms with Crippen LogP contribution in [0.1, 0.15) is 5.56 Å². The first-order chi connectivity index (χ1) is 11.6. The minimum absolute atomic E-state index is 0.250. The average Bonchev–Trinajstić information content (AvgIpc) is 2.99. The van der Waals surface area contributed by atoms with Gasteiger partial charge >= 0.3 is 6.03 Å². The zero-order valence-corrected chi connectivity index (χ0v) is 15.3. The molecule has 0 saturated heterocycles. The quantitative estimate of drug-likeness (QED) is 0.550. The maximum atomic E-state index is 12.0. The van der Waals surface area contributed by atoms with Gasteiger partial charge in [0.2, 0.25) is 11.0 Å². The Morgan fingerprint density at radius 1 is 1.38 bits per heavy atom. The summed E-state index contributed by atoms with van der Waals surface area (Å²) in [5.41, 5.74) is 1.17. The van der Waals surface area contributed by atoms with Crippen LogP contribution in [-0.4, -0.2) is 41.0 Å². The molecule has 24 heavy (non-hydrogen) atoms. The Bertz CT molecular complexity index is 731. The number of likely N-dealkylation sites (N-methyl/N-ethyl adjacent to an activating group) is 1. The Labute approximate surface area is 152 Å². The van der Waals surface area contributed by atoms with Crippen molar-refractivity contribution < 1.29 is 9.59 Å². The lowest BCUT2D eigenvalue weighted by molar-refractivity contribution is -0.121. The number of amides is 3. The molecule has 0 saturated carbocycles. The summed E-state index contributed by atoms with van der Waals surface area (Å²) in [6, 6.07) is 8.79. The van der Waals surface area contributed by atoms with Crippen molar-refractivity contribution >= 4 is 52.4 Å². The summed E-state index contributed by atoms with van der Waals surface area (Å²) < 4.78 is 0.464. The van der Waals surface area contributed by atoms with E-state index in [2.05, 4.69) is 26.1 Å². The average molecular weight is 384 g/mol. The summed E-state index contributed by atoms with van der Waals surface area (Å²) in [4.78, 5) is 23.9. The monoisotopic (exact) mass is 383 g/mol. The van der Waals surface area contributed by atoms with Gasteiger partial charge in [0.1, 0.15) is 6.04 Å². The van der Waals surface area contributed by atoms with Crippen LogP contribution in [0.5, 0.6) is 0 Å². The molecule has 4 N–H and O–H groups in total. The fourth-order valence-corrected chi connectivity index (χ4v) is 3.60. The SMILES string of the molecule is CNC(=O)C(CSCc1ccccc1)NC(=O)Nc1n[nH]c(=S)s1. The van der Waals surface area contributed by atoms with Crippen molar-refractivity contribution in [1.82, 2.24) is 20.8 Å². The summed E-state index contributed by atoms with van der Waals surface area (Å²) in [6.45, 7) is 0. The molecule has 1 atom stereocenters. The van der Waals surface area contributed by atoms with Gasteiger partial charge in [-0.25, -0.2) is 4.79 Å². The number of nitrogens with zero attached hydrogens (tertiary/aromatic N) is 1. The van der Waals surface area contributed by atoms with Gasteiger partial charge in [0.25, 0.3) is 0 Å². The molecule has 0 aliphatic heterocycles. The van der Waals surface area contributed by atoms with Crippen LogP contribution in [-0.2, 0) is 10.5 Å². The van der Waals surface area contributed by atoms with Gasteiger partial charge in [-0.1, -0.05) is 41.7 Å². The van der Waals surface area contributed by atoms with Gasteiger partial charge in [0, 0.05) is 18.6 Å². The molecule has 1 unspecified atom stereocenters. The second kappa shape index (κ2) is 9.40. The van der Waals surface area contributed by atoms with Crippen molar-refractivity contribution in [2.24, 2.45) is 0 Å². The third-order valence-corrected chi connectivity index (χ3v) is 5.03. The molecule has 128 valence electrons. The van der Waals surface area contributed by atoms with Crippen LogP contribution in [0, 0.1) is 3.95 Å². The Morgan fingerprint density at radius 2 is 2.12 bits per heavy atom. The lowest BCUT2D eigenvalue weighted by Crippen LogP contribution is -2.48. The normalized spacial score (nSPS) is 11.5. The Kier molecular flexibility index (Phi) is 7.22. The first kappa shape index (κ1) is 18.4. The van der Waals surface area contributed by atoms with E-state index in [4.69, 9.17) is 12.2 Å². The number of anilines is 1. The second-order valence-electron chi connectivity index (χ2n) is 4.68. The van der Waals surface area contributed by atoms with Gasteiger partial charge in [-0.05, 0) is 17.8 Å². The number of urea groups is 1. The third-order valence-electron chi connectivity index (χ3n) is 2.92. The number of rotatable bonds is 7. The molecular weight excluding hydrogens is 366 g/mol. The number of aromatic nitrogens is 2. The molecule has 10 heteroatoms. The number of aromatic amines is 1. The number of H-pyrrole nitrogens is 1. The molecule has 1 aromatic heterocycles. The second-order valence-corrected chi connectivity index (χ2v) is 7.38. The molecular formula is C14H17N5O2S3. The van der Waals surface area contributed by atoms with Crippen LogP contribution in [0.3, 0.4) is 0 Å². The molecule has 0 spiro atoms. The van der Waals surface area contributed by atoms with Crippen LogP contribution in [0.15, 0.2) is 30.3 Å². The van der Waals surface area contributed by atoms with E-state index in [1.807, 2.05) is 30.3 Å². The van der Waals surface area contributed by atoms with E-state index in [0.29, 0.717) is 14.8 Å². The minimum Gasteiger partial charge on any atom is -0.357 e. The van der Waals surface area contributed by atoms with Crippen molar-refractivity contribution in [3.8, 4) is 0 Å². The highest BCUT2D eigenvalue weighted by atomic mass is 32.2. The molecule has 2 rings (SSSR count). The molecule has 0 aliphatic carbocycles. The highest BCUT2D eigenvalue weighted by molar-refractivity contribution is 7.98. The van der Waals surface area contributed by atoms with E-state index < -0.39 is 12.1 Å². The Hall–Kier alpha value is -1.91. The van der Waals surface area contributed by atoms with Crippen LogP contribution in [0.4, 0.5) is 9.93 Å². The fraction of sp³-hybridized carbons (Fsp3) is 0.286. The van der Waals surface area contributed by atoms with Gasteiger partial charge in [-0.2, -0.15) is 11.8 Å². The van der Waals surface area contributed by atoms with Crippen molar-refractivity contribution in [3.05, 3.63) is 39.8 Å². The van der Waals surface area contributed by atoms with E-state index in [9.17, 15) is 9.59 Å². The number of hydrogen-bond acceptors (Lipinski definition) is 6. The zero-order chi connectivity index (χ0) is 17.4. The highest BCUT2D eigenvalue weighted by Crippen LogP contribution is 2.14. The number of thioether (sulfide) groups is 1. The molecule has 2 aromatic rings. The van der Waals surface area contributed by atoms with Crippen molar-refractivity contribution in [3.63, 3.8) is 0 Å². The molecule has 0 aliphatic rings. The number of carbonyl (C=O) groups excluding carboxylic acids is 2. The van der Waals surface area contributed by atoms with Crippen molar-refractivity contribution in [2.45, 2.75) is 11.8 Å². The van der Waals surface area contributed by atoms with Crippen molar-refractivity contribution in [1.29, 1.82) is 0 Å². The summed E-state index contributed by atoms with van der Waals surface area (Å²) in [5.74, 6) is 0.969. The van der Waals surface area contributed by atoms with Gasteiger partial charge in [0.05, 0.1) is 0 Å². The zero-order valence-electron chi connectivity index (χ0n) is 12.9. The lowest BCUT2D eigenvalue weighted by Gasteiger charge is -2.16. The summed E-state index contributed by atoms with van der Waals surface area (Å²) in [6.07, 6.45) is 0. The summed E-state index contributed by atoms with van der Waals surface area (Å²) in [5, 5.41) is 14.5. The molecule has 1 aromatic carbocycles. The van der Waals surface area contributed by atoms with Gasteiger partial charge in [0.15, 0.2) is 3.95 Å².